The van der Waals surface area contributed by atoms with E-state index in [1.165, 1.54) is 24.3 Å². The van der Waals surface area contributed by atoms with Crippen molar-refractivity contribution in [3.63, 3.8) is 0 Å². The lowest BCUT2D eigenvalue weighted by Crippen LogP contribution is -2.40. The normalized spacial score (nSPS) is 17.8. The summed E-state index contributed by atoms with van der Waals surface area (Å²) in [5.41, 5.74) is -0.569. The molecule has 48 heavy (non-hydrogen) atoms. The van der Waals surface area contributed by atoms with Crippen molar-refractivity contribution in [2.45, 2.75) is 103 Å². The number of halogens is 8. The average Bonchev–Trinajstić information content (AvgIpc) is 2.94. The van der Waals surface area contributed by atoms with E-state index in [4.69, 9.17) is 42.9 Å². The van der Waals surface area contributed by atoms with Gasteiger partial charge in [-0.3, -0.25) is 0 Å². The molecule has 2 aliphatic rings. The Balaban J connectivity index is 0.000000260. The topological polar surface area (TPSA) is 93.1 Å². The van der Waals surface area contributed by atoms with Crippen LogP contribution in [0.15, 0.2) is 35.4 Å². The fraction of sp³-hybridized carbons (Fsp3) is 0.471. The van der Waals surface area contributed by atoms with Crippen LogP contribution in [0.25, 0.3) is 12.2 Å². The molecule has 0 saturated heterocycles. The molecule has 0 bridgehead atoms. The number of rotatable bonds is 8. The minimum Gasteiger partial charge on any atom is -0.478 e. The van der Waals surface area contributed by atoms with Crippen LogP contribution in [0, 0.1) is 0 Å². The standard InChI is InChI=1S/2C17H18ClF3O3/c2*1-4-5-16(2,3)11-8-13-9(7-12(11)18)6-10(15(22)23)14(24-13)17(19,20)21/h2*6-8,14H,4-5H2,1-3H3,(H,22,23). The molecule has 0 aromatic heterocycles. The Morgan fingerprint density at radius 2 is 0.979 bits per heavy atom. The van der Waals surface area contributed by atoms with Gasteiger partial charge >= 0.3 is 24.3 Å². The van der Waals surface area contributed by atoms with Crippen LogP contribution in [0.5, 0.6) is 11.5 Å². The van der Waals surface area contributed by atoms with E-state index < -0.39 is 47.6 Å². The quantitative estimate of drug-likeness (QED) is 0.263. The summed E-state index contributed by atoms with van der Waals surface area (Å²) in [5, 5.41) is 18.8. The number of carboxylic acid groups (broad SMARTS) is 2. The molecule has 0 fully saturated rings. The van der Waals surface area contributed by atoms with Crippen molar-refractivity contribution in [1.82, 2.24) is 0 Å². The third kappa shape index (κ3) is 8.61. The van der Waals surface area contributed by atoms with E-state index in [-0.39, 0.29) is 33.5 Å². The lowest BCUT2D eigenvalue weighted by Gasteiger charge is -2.31. The Labute approximate surface area is 284 Å². The monoisotopic (exact) mass is 724 g/mol. The largest absolute Gasteiger partial charge is 0.478 e. The molecule has 2 atom stereocenters. The molecule has 0 radical (unpaired) electrons. The van der Waals surface area contributed by atoms with Gasteiger partial charge in [-0.15, -0.1) is 0 Å². The number of alkyl halides is 6. The molecule has 2 heterocycles. The molecule has 2 N–H and O–H groups in total. The fourth-order valence-electron chi connectivity index (χ4n) is 5.83. The van der Waals surface area contributed by atoms with Gasteiger partial charge in [-0.25, -0.2) is 9.59 Å². The van der Waals surface area contributed by atoms with Crippen LogP contribution in [-0.2, 0) is 20.4 Å². The van der Waals surface area contributed by atoms with E-state index in [0.29, 0.717) is 21.2 Å². The second-order valence-corrected chi connectivity index (χ2v) is 13.7. The van der Waals surface area contributed by atoms with Gasteiger partial charge in [-0.2, -0.15) is 26.3 Å². The molecule has 2 aliphatic heterocycles. The average molecular weight is 726 g/mol. The molecule has 2 aromatic carbocycles. The fourth-order valence-corrected chi connectivity index (χ4v) is 6.68. The Morgan fingerprint density at radius 1 is 0.667 bits per heavy atom. The summed E-state index contributed by atoms with van der Waals surface area (Å²) in [6.07, 6.45) is -9.32. The molecule has 0 aliphatic carbocycles. The summed E-state index contributed by atoms with van der Waals surface area (Å²) in [5.74, 6) is -3.36. The molecule has 2 aromatic rings. The highest BCUT2D eigenvalue weighted by Gasteiger charge is 2.50. The minimum atomic E-state index is -4.82. The summed E-state index contributed by atoms with van der Waals surface area (Å²) in [4.78, 5) is 22.3. The highest BCUT2D eigenvalue weighted by Crippen LogP contribution is 2.44. The van der Waals surface area contributed by atoms with Crippen LogP contribution in [0.3, 0.4) is 0 Å². The second-order valence-electron chi connectivity index (χ2n) is 12.9. The zero-order valence-corrected chi connectivity index (χ0v) is 28.5. The van der Waals surface area contributed by atoms with Gasteiger partial charge < -0.3 is 19.7 Å². The van der Waals surface area contributed by atoms with Gasteiger partial charge in [0.25, 0.3) is 0 Å². The summed E-state index contributed by atoms with van der Waals surface area (Å²) in [6.45, 7) is 11.8. The van der Waals surface area contributed by atoms with Crippen LogP contribution < -0.4 is 9.47 Å². The van der Waals surface area contributed by atoms with Gasteiger partial charge in [-0.05, 0) is 71.2 Å². The van der Waals surface area contributed by atoms with Gasteiger partial charge in [0.05, 0.1) is 11.1 Å². The van der Waals surface area contributed by atoms with Crippen LogP contribution >= 0.6 is 23.2 Å². The van der Waals surface area contributed by atoms with E-state index in [1.807, 2.05) is 41.5 Å². The number of aliphatic carboxylic acids is 2. The first-order valence-corrected chi connectivity index (χ1v) is 15.7. The Kier molecular flexibility index (Phi) is 11.6. The first-order valence-electron chi connectivity index (χ1n) is 15.0. The highest BCUT2D eigenvalue weighted by atomic mass is 35.5. The number of benzene rings is 2. The van der Waals surface area contributed by atoms with Crippen molar-refractivity contribution < 1.29 is 55.6 Å². The molecule has 14 heteroatoms. The number of carboxylic acids is 2. The third-order valence-corrected chi connectivity index (χ3v) is 8.80. The molecular weight excluding hydrogens is 689 g/mol. The second kappa shape index (κ2) is 14.2. The Bertz CT molecular complexity index is 1510. The molecule has 264 valence electrons. The van der Waals surface area contributed by atoms with Crippen LogP contribution in [0.2, 0.25) is 10.0 Å². The lowest BCUT2D eigenvalue weighted by molar-refractivity contribution is -0.187. The molecule has 0 saturated carbocycles. The smallest absolute Gasteiger partial charge is 0.430 e. The van der Waals surface area contributed by atoms with Crippen molar-refractivity contribution >= 4 is 47.3 Å². The van der Waals surface area contributed by atoms with E-state index >= 15 is 0 Å². The van der Waals surface area contributed by atoms with Gasteiger partial charge in [0.2, 0.25) is 12.2 Å². The van der Waals surface area contributed by atoms with Crippen LogP contribution in [0.4, 0.5) is 26.3 Å². The lowest BCUT2D eigenvalue weighted by atomic mass is 9.80. The predicted molar refractivity (Wildman–Crippen MR) is 171 cm³/mol. The molecule has 2 unspecified atom stereocenters. The predicted octanol–water partition coefficient (Wildman–Crippen LogP) is 10.4. The molecule has 6 nitrogen and oxygen atoms in total. The summed E-state index contributed by atoms with van der Waals surface area (Å²) in [6, 6.07) is 5.89. The number of carbonyl (C=O) groups is 2. The number of hydrogen-bond donors (Lipinski definition) is 2. The van der Waals surface area contributed by atoms with Crippen molar-refractivity contribution in [2.24, 2.45) is 0 Å². The van der Waals surface area contributed by atoms with Gasteiger partial charge in [-0.1, -0.05) is 77.6 Å². The molecule has 0 spiro atoms. The SMILES string of the molecule is CCCC(C)(C)c1cc2c(cc1Cl)C=C(C(=O)O)C(C(F)(F)F)O2.CCCC(C)(C)c1cc2c(cc1Cl)C=C(C(=O)O)C(C(F)(F)F)O2. The Hall–Kier alpha value is -3.38. The van der Waals surface area contributed by atoms with Crippen molar-refractivity contribution in [1.29, 1.82) is 0 Å². The number of hydrogen-bond acceptors (Lipinski definition) is 4. The summed E-state index contributed by atoms with van der Waals surface area (Å²) >= 11 is 12.6. The number of fused-ring (bicyclic) bond motifs is 2. The molecule has 4 rings (SSSR count). The van der Waals surface area contributed by atoms with E-state index in [1.54, 1.807) is 0 Å². The zero-order valence-electron chi connectivity index (χ0n) is 27.0. The summed E-state index contributed by atoms with van der Waals surface area (Å²) in [7, 11) is 0. The van der Waals surface area contributed by atoms with Gasteiger partial charge in [0, 0.05) is 21.2 Å². The van der Waals surface area contributed by atoms with Crippen molar-refractivity contribution in [3.05, 3.63) is 67.7 Å². The van der Waals surface area contributed by atoms with Gasteiger partial charge in [0.15, 0.2) is 0 Å². The van der Waals surface area contributed by atoms with Crippen LogP contribution in [0.1, 0.15) is 89.5 Å². The van der Waals surface area contributed by atoms with Crippen molar-refractivity contribution in [3.8, 4) is 11.5 Å². The molecular formula is C34H36Cl2F6O6. The maximum absolute atomic E-state index is 13.1. The first kappa shape index (κ1) is 39.1. The Morgan fingerprint density at radius 3 is 1.23 bits per heavy atom. The van der Waals surface area contributed by atoms with Gasteiger partial charge in [0.1, 0.15) is 11.5 Å². The molecule has 0 amide bonds. The number of ether oxygens (including phenoxy) is 2. The maximum atomic E-state index is 13.1. The van der Waals surface area contributed by atoms with E-state index in [9.17, 15) is 35.9 Å². The highest BCUT2D eigenvalue weighted by molar-refractivity contribution is 6.32. The minimum absolute atomic E-state index is 0.00842. The zero-order chi connectivity index (χ0) is 36.6. The van der Waals surface area contributed by atoms with Crippen LogP contribution in [-0.4, -0.2) is 46.7 Å². The first-order chi connectivity index (χ1) is 21.9. The third-order valence-electron chi connectivity index (χ3n) is 8.17. The maximum Gasteiger partial charge on any atom is 0.430 e. The van der Waals surface area contributed by atoms with Crippen molar-refractivity contribution in [2.75, 3.05) is 0 Å². The summed E-state index contributed by atoms with van der Waals surface area (Å²) < 4.78 is 88.8. The van der Waals surface area contributed by atoms with E-state index in [2.05, 4.69) is 0 Å². The van der Waals surface area contributed by atoms with E-state index in [0.717, 1.165) is 37.8 Å².